The van der Waals surface area contributed by atoms with E-state index in [1.54, 1.807) is 0 Å². The Kier molecular flexibility index (Phi) is 7.64. The van der Waals surface area contributed by atoms with Crippen LogP contribution < -0.4 is 10.1 Å². The topological polar surface area (TPSA) is 84.9 Å². The zero-order valence-corrected chi connectivity index (χ0v) is 22.0. The third-order valence-electron chi connectivity index (χ3n) is 6.89. The number of fused-ring (bicyclic) bond motifs is 3. The van der Waals surface area contributed by atoms with Gasteiger partial charge in [-0.1, -0.05) is 84.9 Å². The van der Waals surface area contributed by atoms with E-state index in [2.05, 4.69) is 17.4 Å². The third-order valence-corrected chi connectivity index (χ3v) is 6.89. The van der Waals surface area contributed by atoms with Crippen molar-refractivity contribution >= 4 is 12.1 Å². The van der Waals surface area contributed by atoms with Gasteiger partial charge >= 0.3 is 12.1 Å². The lowest BCUT2D eigenvalue weighted by Crippen LogP contribution is -2.42. The molecule has 0 radical (unpaired) electrons. The number of alkyl carbamates (subject to hydrolysis) is 1. The first-order valence-corrected chi connectivity index (χ1v) is 13.1. The van der Waals surface area contributed by atoms with Gasteiger partial charge in [0.05, 0.1) is 6.10 Å². The summed E-state index contributed by atoms with van der Waals surface area (Å²) < 4.78 is 11.2. The SMILES string of the molecule is CC(C)Oc1ccc(-c2ccc(C[C@H](NC(=O)OCC3c4ccccc4-c4ccccc43)C(=O)O)cc2)cc1. The van der Waals surface area contributed by atoms with Crippen LogP contribution in [-0.4, -0.2) is 35.9 Å². The van der Waals surface area contributed by atoms with E-state index >= 15 is 0 Å². The van der Waals surface area contributed by atoms with Crippen molar-refractivity contribution in [3.8, 4) is 28.0 Å². The molecule has 1 aliphatic rings. The molecule has 0 fully saturated rings. The van der Waals surface area contributed by atoms with Crippen molar-refractivity contribution in [1.29, 1.82) is 0 Å². The summed E-state index contributed by atoms with van der Waals surface area (Å²) >= 11 is 0. The first-order valence-electron chi connectivity index (χ1n) is 13.1. The second-order valence-electron chi connectivity index (χ2n) is 9.95. The molecule has 1 aliphatic carbocycles. The van der Waals surface area contributed by atoms with E-state index in [0.29, 0.717) is 0 Å². The number of ether oxygens (including phenoxy) is 2. The Balaban J connectivity index is 1.20. The smallest absolute Gasteiger partial charge is 0.407 e. The number of carbonyl (C=O) groups excluding carboxylic acids is 1. The summed E-state index contributed by atoms with van der Waals surface area (Å²) in [5.41, 5.74) is 7.30. The molecule has 0 saturated carbocycles. The minimum absolute atomic E-state index is 0.0926. The second-order valence-corrected chi connectivity index (χ2v) is 9.95. The molecule has 198 valence electrons. The molecule has 4 aromatic rings. The van der Waals surface area contributed by atoms with Crippen molar-refractivity contribution in [3.05, 3.63) is 114 Å². The summed E-state index contributed by atoms with van der Waals surface area (Å²) in [5, 5.41) is 12.3. The Morgan fingerprint density at radius 1 is 0.795 bits per heavy atom. The van der Waals surface area contributed by atoms with Crippen LogP contribution in [-0.2, 0) is 16.0 Å². The van der Waals surface area contributed by atoms with E-state index in [1.165, 1.54) is 0 Å². The molecule has 0 saturated heterocycles. The summed E-state index contributed by atoms with van der Waals surface area (Å²) in [4.78, 5) is 24.6. The van der Waals surface area contributed by atoms with Crippen molar-refractivity contribution < 1.29 is 24.2 Å². The highest BCUT2D eigenvalue weighted by Crippen LogP contribution is 2.44. The number of hydrogen-bond donors (Lipinski definition) is 2. The number of carboxylic acid groups (broad SMARTS) is 1. The Bertz CT molecular complexity index is 1410. The van der Waals surface area contributed by atoms with Gasteiger partial charge in [0.1, 0.15) is 18.4 Å². The first-order chi connectivity index (χ1) is 18.9. The maximum Gasteiger partial charge on any atom is 0.407 e. The van der Waals surface area contributed by atoms with E-state index in [-0.39, 0.29) is 25.0 Å². The minimum Gasteiger partial charge on any atom is -0.491 e. The molecule has 6 heteroatoms. The summed E-state index contributed by atoms with van der Waals surface area (Å²) in [7, 11) is 0. The lowest BCUT2D eigenvalue weighted by Gasteiger charge is -2.18. The predicted octanol–water partition coefficient (Wildman–Crippen LogP) is 6.68. The maximum absolute atomic E-state index is 12.7. The molecular weight excluding hydrogens is 490 g/mol. The number of rotatable bonds is 9. The van der Waals surface area contributed by atoms with Crippen LogP contribution in [0.25, 0.3) is 22.3 Å². The largest absolute Gasteiger partial charge is 0.491 e. The van der Waals surface area contributed by atoms with Crippen molar-refractivity contribution in [3.63, 3.8) is 0 Å². The van der Waals surface area contributed by atoms with E-state index < -0.39 is 18.1 Å². The minimum atomic E-state index is -1.12. The van der Waals surface area contributed by atoms with Crippen LogP contribution >= 0.6 is 0 Å². The van der Waals surface area contributed by atoms with Gasteiger partial charge in [-0.25, -0.2) is 9.59 Å². The lowest BCUT2D eigenvalue weighted by atomic mass is 9.98. The molecule has 2 N–H and O–H groups in total. The predicted molar refractivity (Wildman–Crippen MR) is 151 cm³/mol. The van der Waals surface area contributed by atoms with Crippen LogP contribution in [0.3, 0.4) is 0 Å². The third kappa shape index (κ3) is 5.96. The molecule has 0 unspecified atom stereocenters. The molecule has 5 rings (SSSR count). The van der Waals surface area contributed by atoms with Crippen LogP contribution in [0.4, 0.5) is 4.79 Å². The maximum atomic E-state index is 12.7. The number of carboxylic acids is 1. The molecule has 0 bridgehead atoms. The molecule has 0 aliphatic heterocycles. The van der Waals surface area contributed by atoms with Gasteiger partial charge in [-0.05, 0) is 64.9 Å². The fourth-order valence-corrected chi connectivity index (χ4v) is 5.05. The number of hydrogen-bond acceptors (Lipinski definition) is 4. The number of nitrogens with one attached hydrogen (secondary N) is 1. The highest BCUT2D eigenvalue weighted by atomic mass is 16.5. The molecule has 0 aromatic heterocycles. The monoisotopic (exact) mass is 521 g/mol. The normalized spacial score (nSPS) is 12.9. The van der Waals surface area contributed by atoms with E-state index in [0.717, 1.165) is 44.7 Å². The quantitative estimate of drug-likeness (QED) is 0.257. The van der Waals surface area contributed by atoms with Crippen LogP contribution in [0.2, 0.25) is 0 Å². The van der Waals surface area contributed by atoms with Gasteiger partial charge in [-0.15, -0.1) is 0 Å². The molecular formula is C33H31NO5. The zero-order chi connectivity index (χ0) is 27.4. The Hall–Kier alpha value is -4.58. The highest BCUT2D eigenvalue weighted by molar-refractivity contribution is 5.81. The molecule has 1 atom stereocenters. The Morgan fingerprint density at radius 3 is 1.87 bits per heavy atom. The van der Waals surface area contributed by atoms with Crippen LogP contribution in [0, 0.1) is 0 Å². The van der Waals surface area contributed by atoms with Gasteiger partial charge in [0.25, 0.3) is 0 Å². The van der Waals surface area contributed by atoms with Crippen molar-refractivity contribution in [2.75, 3.05) is 6.61 Å². The fourth-order valence-electron chi connectivity index (χ4n) is 5.05. The van der Waals surface area contributed by atoms with Gasteiger partial charge in [0.2, 0.25) is 0 Å². The van der Waals surface area contributed by atoms with Gasteiger partial charge in [-0.3, -0.25) is 0 Å². The van der Waals surface area contributed by atoms with Crippen LogP contribution in [0.15, 0.2) is 97.1 Å². The number of benzene rings is 4. The average molecular weight is 522 g/mol. The molecule has 0 spiro atoms. The van der Waals surface area contributed by atoms with E-state index in [9.17, 15) is 14.7 Å². The van der Waals surface area contributed by atoms with Gasteiger partial charge in [0.15, 0.2) is 0 Å². The summed E-state index contributed by atoms with van der Waals surface area (Å²) in [6.45, 7) is 4.10. The second kappa shape index (κ2) is 11.4. The average Bonchev–Trinajstić information content (AvgIpc) is 3.26. The van der Waals surface area contributed by atoms with E-state index in [1.807, 2.05) is 98.8 Å². The molecule has 39 heavy (non-hydrogen) atoms. The fraction of sp³-hybridized carbons (Fsp3) is 0.212. The Morgan fingerprint density at radius 2 is 1.33 bits per heavy atom. The van der Waals surface area contributed by atoms with E-state index in [4.69, 9.17) is 9.47 Å². The standard InChI is InChI=1S/C33H31NO5/c1-21(2)39-25-17-15-24(16-18-25)23-13-11-22(12-14-23)19-31(32(35)36)34-33(37)38-20-30-28-9-5-3-7-26(28)27-8-4-6-10-29(27)30/h3-18,21,30-31H,19-20H2,1-2H3,(H,34,37)(H,35,36)/t31-/m0/s1. The molecule has 6 nitrogen and oxygen atoms in total. The summed E-state index contributed by atoms with van der Waals surface area (Å²) in [5.74, 6) is -0.396. The lowest BCUT2D eigenvalue weighted by molar-refractivity contribution is -0.139. The summed E-state index contributed by atoms with van der Waals surface area (Å²) in [6, 6.07) is 30.5. The number of amides is 1. The van der Waals surface area contributed by atoms with Crippen LogP contribution in [0.1, 0.15) is 36.5 Å². The molecule has 4 aromatic carbocycles. The molecule has 1 amide bonds. The summed E-state index contributed by atoms with van der Waals surface area (Å²) in [6.07, 6.45) is -0.495. The first kappa shape index (κ1) is 26.0. The Labute approximate surface area is 228 Å². The number of aliphatic carboxylic acids is 1. The van der Waals surface area contributed by atoms with Crippen molar-refractivity contribution in [2.24, 2.45) is 0 Å². The van der Waals surface area contributed by atoms with Gasteiger partial charge < -0.3 is 19.9 Å². The highest BCUT2D eigenvalue weighted by Gasteiger charge is 2.29. The van der Waals surface area contributed by atoms with Crippen LogP contribution in [0.5, 0.6) is 5.75 Å². The number of carbonyl (C=O) groups is 2. The van der Waals surface area contributed by atoms with Gasteiger partial charge in [-0.2, -0.15) is 0 Å². The zero-order valence-electron chi connectivity index (χ0n) is 22.0. The van der Waals surface area contributed by atoms with Crippen molar-refractivity contribution in [2.45, 2.75) is 38.3 Å². The van der Waals surface area contributed by atoms with Gasteiger partial charge in [0, 0.05) is 12.3 Å². The molecule has 0 heterocycles. The van der Waals surface area contributed by atoms with Crippen molar-refractivity contribution in [1.82, 2.24) is 5.32 Å².